The van der Waals surface area contributed by atoms with Crippen LogP contribution in [-0.2, 0) is 30.5 Å². The number of rotatable bonds is 10. The minimum Gasteiger partial charge on any atom is -0.367 e. The molecule has 3 aliphatic rings. The summed E-state index contributed by atoms with van der Waals surface area (Å²) in [5.74, 6) is 1.18. The molecule has 3 fully saturated rings. The second-order valence-corrected chi connectivity index (χ2v) is 16.8. The number of piperazine rings is 1. The summed E-state index contributed by atoms with van der Waals surface area (Å²) in [5.41, 5.74) is 4.20. The Morgan fingerprint density at radius 2 is 1.84 bits per heavy atom. The Labute approximate surface area is 291 Å². The molecule has 4 aromatic rings. The fourth-order valence-electron chi connectivity index (χ4n) is 7.42. The summed E-state index contributed by atoms with van der Waals surface area (Å²) in [4.78, 5) is 14.3. The van der Waals surface area contributed by atoms with E-state index in [1.54, 1.807) is 6.07 Å². The zero-order chi connectivity index (χ0) is 34.4. The maximum atomic E-state index is 13.0. The highest BCUT2D eigenvalue weighted by Gasteiger charge is 2.41. The molecule has 262 valence electrons. The van der Waals surface area contributed by atoms with Gasteiger partial charge in [0.1, 0.15) is 28.7 Å². The summed E-state index contributed by atoms with van der Waals surface area (Å²) in [6, 6.07) is 10.8. The molecule has 9 nitrogen and oxygen atoms in total. The molecule has 4 atom stereocenters. The largest absolute Gasteiger partial charge is 0.393 e. The maximum Gasteiger partial charge on any atom is 0.393 e. The molecule has 7 rings (SSSR count). The van der Waals surface area contributed by atoms with Crippen LogP contribution in [0, 0.1) is 24.2 Å². The SMILES string of the molecule is Cc1c(CN2CCC(Nc3ncnc4sc(CC(F)(F)F)cc34)CC2)ccc2c1cc(C#N)n2CC(C)N1CCN(S(=O)C2CC2C)CC1. The van der Waals surface area contributed by atoms with Crippen molar-refractivity contribution < 1.29 is 17.4 Å². The molecule has 1 aliphatic carbocycles. The summed E-state index contributed by atoms with van der Waals surface area (Å²) < 4.78 is 56.0. The average molecular weight is 713 g/mol. The standard InChI is InChI=1S/C35H43F3N8OS2/c1-22-14-32(22)49(47)45-12-10-44(11-13-45)23(2)19-46-27(18-39)15-29-24(3)25(4-5-31(29)46)20-43-8-6-26(7-9-43)42-33-30-16-28(17-35(36,37)38)48-34(30)41-21-40-33/h4-5,15-16,21-23,26,32H,6-14,17,19-20H2,1-3H3,(H,40,41,42). The molecule has 2 aliphatic heterocycles. The van der Waals surface area contributed by atoms with Gasteiger partial charge in [-0.3, -0.25) is 9.80 Å². The van der Waals surface area contributed by atoms with Crippen molar-refractivity contribution in [3.05, 3.63) is 52.3 Å². The van der Waals surface area contributed by atoms with Crippen LogP contribution in [0.3, 0.4) is 0 Å². The summed E-state index contributed by atoms with van der Waals surface area (Å²) in [5, 5.41) is 15.7. The Hall–Kier alpha value is -3.09. The number of halogens is 3. The van der Waals surface area contributed by atoms with Crippen LogP contribution in [0.4, 0.5) is 19.0 Å². The van der Waals surface area contributed by atoms with Gasteiger partial charge in [0.15, 0.2) is 0 Å². The van der Waals surface area contributed by atoms with Crippen LogP contribution in [0.1, 0.15) is 54.8 Å². The number of hydrogen-bond acceptors (Lipinski definition) is 8. The minimum atomic E-state index is -4.26. The first-order valence-electron chi connectivity index (χ1n) is 17.2. The lowest BCUT2D eigenvalue weighted by atomic mass is 10.0. The molecule has 1 aromatic carbocycles. The topological polar surface area (TPSA) is 93.3 Å². The van der Waals surface area contributed by atoms with Crippen molar-refractivity contribution in [2.24, 2.45) is 5.92 Å². The van der Waals surface area contributed by atoms with Crippen molar-refractivity contribution in [2.75, 3.05) is 44.6 Å². The summed E-state index contributed by atoms with van der Waals surface area (Å²) in [6.45, 7) is 13.3. The number of anilines is 1. The molecule has 5 heterocycles. The molecule has 4 unspecified atom stereocenters. The lowest BCUT2D eigenvalue weighted by Gasteiger charge is -2.37. The van der Waals surface area contributed by atoms with Gasteiger partial charge in [-0.25, -0.2) is 18.5 Å². The van der Waals surface area contributed by atoms with Crippen LogP contribution in [0.5, 0.6) is 0 Å². The highest BCUT2D eigenvalue weighted by molar-refractivity contribution is 7.83. The van der Waals surface area contributed by atoms with Crippen molar-refractivity contribution in [2.45, 2.75) is 83.1 Å². The molecule has 1 saturated carbocycles. The zero-order valence-corrected chi connectivity index (χ0v) is 29.8. The second kappa shape index (κ2) is 13.9. The molecule has 1 N–H and O–H groups in total. The number of piperidine rings is 1. The van der Waals surface area contributed by atoms with Crippen LogP contribution < -0.4 is 5.32 Å². The van der Waals surface area contributed by atoms with Gasteiger partial charge < -0.3 is 9.88 Å². The smallest absolute Gasteiger partial charge is 0.367 e. The third-order valence-corrected chi connectivity index (χ3v) is 13.6. The Kier molecular flexibility index (Phi) is 9.75. The molecule has 2 saturated heterocycles. The van der Waals surface area contributed by atoms with Crippen molar-refractivity contribution in [3.63, 3.8) is 0 Å². The van der Waals surface area contributed by atoms with E-state index in [4.69, 9.17) is 0 Å². The van der Waals surface area contributed by atoms with E-state index in [2.05, 4.69) is 72.9 Å². The Balaban J connectivity index is 0.962. The van der Waals surface area contributed by atoms with Gasteiger partial charge in [-0.1, -0.05) is 13.0 Å². The van der Waals surface area contributed by atoms with Crippen LogP contribution in [0.2, 0.25) is 0 Å². The van der Waals surface area contributed by atoms with E-state index >= 15 is 0 Å². The highest BCUT2D eigenvalue weighted by Crippen LogP contribution is 2.37. The number of nitrogens with one attached hydrogen (secondary N) is 1. The predicted molar refractivity (Wildman–Crippen MR) is 189 cm³/mol. The van der Waals surface area contributed by atoms with Crippen molar-refractivity contribution >= 4 is 49.3 Å². The van der Waals surface area contributed by atoms with Crippen LogP contribution in [0.25, 0.3) is 21.1 Å². The first-order valence-corrected chi connectivity index (χ1v) is 19.2. The van der Waals surface area contributed by atoms with Gasteiger partial charge in [0.05, 0.1) is 28.0 Å². The van der Waals surface area contributed by atoms with Gasteiger partial charge >= 0.3 is 6.18 Å². The minimum absolute atomic E-state index is 0.171. The van der Waals surface area contributed by atoms with E-state index < -0.39 is 23.6 Å². The molecular formula is C35H43F3N8OS2. The monoisotopic (exact) mass is 712 g/mol. The molecule has 0 spiro atoms. The second-order valence-electron chi connectivity index (χ2n) is 14.0. The normalized spacial score (nSPS) is 22.8. The lowest BCUT2D eigenvalue weighted by molar-refractivity contribution is -0.126. The molecule has 3 aromatic heterocycles. The number of nitrogens with zero attached hydrogens (tertiary/aromatic N) is 7. The summed E-state index contributed by atoms with van der Waals surface area (Å²) >= 11 is 1.07. The van der Waals surface area contributed by atoms with Gasteiger partial charge in [-0.05, 0) is 68.4 Å². The highest BCUT2D eigenvalue weighted by atomic mass is 32.2. The van der Waals surface area contributed by atoms with Crippen LogP contribution in [-0.4, -0.2) is 95.6 Å². The number of aryl methyl sites for hydroxylation is 1. The molecule has 0 radical (unpaired) electrons. The average Bonchev–Trinajstić information content (AvgIpc) is 3.49. The third-order valence-electron chi connectivity index (χ3n) is 10.6. The third kappa shape index (κ3) is 7.51. The van der Waals surface area contributed by atoms with E-state index in [1.165, 1.54) is 17.5 Å². The lowest BCUT2D eigenvalue weighted by Crippen LogP contribution is -2.51. The fourth-order valence-corrected chi connectivity index (χ4v) is 10.2. The van der Waals surface area contributed by atoms with Crippen LogP contribution >= 0.6 is 11.3 Å². The Bertz CT molecular complexity index is 1890. The molecule has 49 heavy (non-hydrogen) atoms. The number of likely N-dealkylation sites (tertiary alicyclic amines) is 1. The number of fused-ring (bicyclic) bond motifs is 2. The molecule has 0 amide bonds. The Morgan fingerprint density at radius 1 is 1.10 bits per heavy atom. The van der Waals surface area contributed by atoms with E-state index in [1.807, 2.05) is 6.07 Å². The van der Waals surface area contributed by atoms with Crippen molar-refractivity contribution in [3.8, 4) is 6.07 Å². The van der Waals surface area contributed by atoms with Gasteiger partial charge in [0.2, 0.25) is 0 Å². The summed E-state index contributed by atoms with van der Waals surface area (Å²) in [7, 11) is -0.867. The van der Waals surface area contributed by atoms with Gasteiger partial charge in [-0.2, -0.15) is 18.4 Å². The van der Waals surface area contributed by atoms with Crippen molar-refractivity contribution in [1.82, 2.24) is 28.6 Å². The molecule has 0 bridgehead atoms. The first-order chi connectivity index (χ1) is 23.5. The fraction of sp³-hybridized carbons (Fsp3) is 0.571. The van der Waals surface area contributed by atoms with Gasteiger partial charge in [0.25, 0.3) is 0 Å². The number of hydrogen-bond donors (Lipinski definition) is 1. The molecule has 14 heteroatoms. The zero-order valence-electron chi connectivity index (χ0n) is 28.2. The van der Waals surface area contributed by atoms with Crippen LogP contribution in [0.15, 0.2) is 30.6 Å². The van der Waals surface area contributed by atoms with Crippen molar-refractivity contribution in [1.29, 1.82) is 5.26 Å². The number of nitriles is 1. The first kappa shape index (κ1) is 34.4. The number of alkyl halides is 3. The van der Waals surface area contributed by atoms with E-state index in [9.17, 15) is 22.6 Å². The number of aromatic nitrogens is 3. The van der Waals surface area contributed by atoms with E-state index in [0.717, 1.165) is 93.9 Å². The quantitative estimate of drug-likeness (QED) is 0.213. The number of benzene rings is 1. The number of thiophene rings is 1. The Morgan fingerprint density at radius 3 is 2.51 bits per heavy atom. The maximum absolute atomic E-state index is 13.0. The van der Waals surface area contributed by atoms with E-state index in [-0.39, 0.29) is 17.0 Å². The predicted octanol–water partition coefficient (Wildman–Crippen LogP) is 6.09. The van der Waals surface area contributed by atoms with E-state index in [0.29, 0.717) is 32.9 Å². The molecular weight excluding hydrogens is 670 g/mol. The summed E-state index contributed by atoms with van der Waals surface area (Å²) in [6.07, 6.45) is -0.941. The van der Waals surface area contributed by atoms with Gasteiger partial charge in [-0.15, -0.1) is 11.3 Å². The van der Waals surface area contributed by atoms with Gasteiger partial charge in [0, 0.05) is 80.2 Å².